The average molecular weight is 427 g/mol. The molecule has 2 saturated carbocycles. The van der Waals surface area contributed by atoms with Crippen LogP contribution in [0, 0.1) is 17.8 Å². The van der Waals surface area contributed by atoms with Crippen LogP contribution < -0.4 is 0 Å². The maximum atomic E-state index is 12.2. The van der Waals surface area contributed by atoms with Gasteiger partial charge in [0, 0.05) is 0 Å². The van der Waals surface area contributed by atoms with Gasteiger partial charge in [-0.05, 0) is 99.0 Å². The van der Waals surface area contributed by atoms with Gasteiger partial charge < -0.3 is 0 Å². The summed E-state index contributed by atoms with van der Waals surface area (Å²) >= 11 is 0. The van der Waals surface area contributed by atoms with E-state index in [4.69, 9.17) is 0 Å². The number of hydrogen-bond acceptors (Lipinski definition) is 0. The van der Waals surface area contributed by atoms with Gasteiger partial charge in [0.1, 0.15) is 6.67 Å². The lowest BCUT2D eigenvalue weighted by molar-refractivity contribution is 0.157. The highest BCUT2D eigenvalue weighted by atomic mass is 19.1. The molecule has 3 rings (SSSR count). The minimum atomic E-state index is -0.307. The Kier molecular flexibility index (Phi) is 11.2. The standard InChI is InChI=1S/C30H47F/c1-2-3-4-5-7-10-25-12-16-27(17-13-25)29-20-22-30(23-21-29)28-18-14-26(15-19-28)11-8-6-9-24-31/h6,9,12-13,16-17,26,28-30H,2-5,7-8,10-11,14-15,18-24H2,1H3. The molecular formula is C30H47F. The molecule has 0 unspecified atom stereocenters. The molecule has 0 saturated heterocycles. The van der Waals surface area contributed by atoms with Crippen molar-refractivity contribution in [3.8, 4) is 0 Å². The quantitative estimate of drug-likeness (QED) is 0.230. The minimum Gasteiger partial charge on any atom is -0.247 e. The number of allylic oxidation sites excluding steroid dienone is 2. The third kappa shape index (κ3) is 8.39. The molecule has 2 aliphatic rings. The maximum absolute atomic E-state index is 12.2. The zero-order valence-corrected chi connectivity index (χ0v) is 20.2. The second-order valence-corrected chi connectivity index (χ2v) is 10.5. The largest absolute Gasteiger partial charge is 0.247 e. The number of aryl methyl sites for hydroxylation is 1. The molecule has 0 aromatic heterocycles. The first kappa shape index (κ1) is 24.5. The predicted molar refractivity (Wildman–Crippen MR) is 133 cm³/mol. The summed E-state index contributed by atoms with van der Waals surface area (Å²) in [4.78, 5) is 0. The number of rotatable bonds is 12. The van der Waals surface area contributed by atoms with E-state index < -0.39 is 0 Å². The average Bonchev–Trinajstić information content (AvgIpc) is 2.83. The van der Waals surface area contributed by atoms with Crippen LogP contribution >= 0.6 is 0 Å². The molecule has 1 aromatic rings. The first-order valence-corrected chi connectivity index (χ1v) is 13.6. The topological polar surface area (TPSA) is 0 Å². The fourth-order valence-corrected chi connectivity index (χ4v) is 6.27. The Labute approximate surface area is 192 Å². The van der Waals surface area contributed by atoms with Crippen LogP contribution in [0.1, 0.15) is 120 Å². The zero-order chi connectivity index (χ0) is 21.7. The Bertz CT molecular complexity index is 600. The Balaban J connectivity index is 1.34. The van der Waals surface area contributed by atoms with Gasteiger partial charge in [0.05, 0.1) is 0 Å². The summed E-state index contributed by atoms with van der Waals surface area (Å²) in [7, 11) is 0. The van der Waals surface area contributed by atoms with Crippen LogP contribution in [0.3, 0.4) is 0 Å². The van der Waals surface area contributed by atoms with Gasteiger partial charge in [-0.15, -0.1) is 0 Å². The molecular weight excluding hydrogens is 379 g/mol. The molecule has 31 heavy (non-hydrogen) atoms. The van der Waals surface area contributed by atoms with E-state index in [0.29, 0.717) is 0 Å². The molecule has 2 aliphatic carbocycles. The summed E-state index contributed by atoms with van der Waals surface area (Å²) in [5, 5.41) is 0. The summed E-state index contributed by atoms with van der Waals surface area (Å²) in [5.41, 5.74) is 3.13. The number of halogens is 1. The van der Waals surface area contributed by atoms with Crippen molar-refractivity contribution in [1.82, 2.24) is 0 Å². The minimum absolute atomic E-state index is 0.307. The molecule has 0 spiro atoms. The van der Waals surface area contributed by atoms with Crippen LogP contribution in [0.25, 0.3) is 0 Å². The molecule has 0 atom stereocenters. The summed E-state index contributed by atoms with van der Waals surface area (Å²) < 4.78 is 12.2. The second kappa shape index (κ2) is 14.1. The van der Waals surface area contributed by atoms with Crippen molar-refractivity contribution < 1.29 is 4.39 Å². The predicted octanol–water partition coefficient (Wildman–Crippen LogP) is 9.59. The molecule has 0 N–H and O–H groups in total. The third-order valence-electron chi connectivity index (χ3n) is 8.35. The lowest BCUT2D eigenvalue weighted by Crippen LogP contribution is -2.25. The third-order valence-corrected chi connectivity index (χ3v) is 8.35. The van der Waals surface area contributed by atoms with Crippen LogP contribution in [0.2, 0.25) is 0 Å². The smallest absolute Gasteiger partial charge is 0.108 e. The molecule has 0 amide bonds. The van der Waals surface area contributed by atoms with Crippen molar-refractivity contribution in [1.29, 1.82) is 0 Å². The van der Waals surface area contributed by atoms with E-state index >= 15 is 0 Å². The fraction of sp³-hybridized carbons (Fsp3) is 0.733. The van der Waals surface area contributed by atoms with Crippen molar-refractivity contribution >= 4 is 0 Å². The van der Waals surface area contributed by atoms with E-state index in [-0.39, 0.29) is 6.67 Å². The van der Waals surface area contributed by atoms with Gasteiger partial charge >= 0.3 is 0 Å². The maximum Gasteiger partial charge on any atom is 0.108 e. The van der Waals surface area contributed by atoms with Crippen LogP contribution in [-0.2, 0) is 6.42 Å². The molecule has 174 valence electrons. The highest BCUT2D eigenvalue weighted by Crippen LogP contribution is 2.44. The molecule has 0 aliphatic heterocycles. The Morgan fingerprint density at radius 3 is 2.06 bits per heavy atom. The summed E-state index contributed by atoms with van der Waals surface area (Å²) in [6, 6.07) is 9.69. The van der Waals surface area contributed by atoms with Gasteiger partial charge in [-0.1, -0.05) is 81.9 Å². The van der Waals surface area contributed by atoms with E-state index in [1.165, 1.54) is 102 Å². The first-order valence-electron chi connectivity index (χ1n) is 13.6. The molecule has 2 fully saturated rings. The lowest BCUT2D eigenvalue weighted by atomic mass is 9.68. The van der Waals surface area contributed by atoms with Crippen molar-refractivity contribution in [3.05, 3.63) is 47.5 Å². The first-order chi connectivity index (χ1) is 15.3. The SMILES string of the molecule is CCCCCCCc1ccc(C2CCC(C3CCC(CCC=CCF)CC3)CC2)cc1. The highest BCUT2D eigenvalue weighted by molar-refractivity contribution is 5.26. The van der Waals surface area contributed by atoms with E-state index in [1.54, 1.807) is 11.6 Å². The van der Waals surface area contributed by atoms with Crippen LogP contribution in [-0.4, -0.2) is 6.67 Å². The Hall–Kier alpha value is -1.11. The number of benzene rings is 1. The molecule has 0 heterocycles. The van der Waals surface area contributed by atoms with Gasteiger partial charge in [-0.25, -0.2) is 4.39 Å². The van der Waals surface area contributed by atoms with E-state index in [9.17, 15) is 4.39 Å². The zero-order valence-electron chi connectivity index (χ0n) is 20.2. The Morgan fingerprint density at radius 2 is 1.42 bits per heavy atom. The van der Waals surface area contributed by atoms with Gasteiger partial charge in [0.15, 0.2) is 0 Å². The fourth-order valence-electron chi connectivity index (χ4n) is 6.27. The van der Waals surface area contributed by atoms with E-state index in [2.05, 4.69) is 31.2 Å². The molecule has 0 nitrogen and oxygen atoms in total. The number of unbranched alkanes of at least 4 members (excludes halogenated alkanes) is 4. The van der Waals surface area contributed by atoms with Gasteiger partial charge in [-0.3, -0.25) is 0 Å². The van der Waals surface area contributed by atoms with Crippen molar-refractivity contribution in [2.45, 2.75) is 116 Å². The summed E-state index contributed by atoms with van der Waals surface area (Å²) in [5.74, 6) is 3.65. The highest BCUT2D eigenvalue weighted by Gasteiger charge is 2.31. The normalized spacial score (nSPS) is 27.0. The summed E-state index contributed by atoms with van der Waals surface area (Å²) in [6.07, 6.45) is 25.6. The van der Waals surface area contributed by atoms with Gasteiger partial charge in [0.2, 0.25) is 0 Å². The molecule has 1 aromatic carbocycles. The lowest BCUT2D eigenvalue weighted by Gasteiger charge is -2.38. The summed E-state index contributed by atoms with van der Waals surface area (Å²) in [6.45, 7) is 1.98. The van der Waals surface area contributed by atoms with Crippen LogP contribution in [0.4, 0.5) is 4.39 Å². The molecule has 0 radical (unpaired) electrons. The van der Waals surface area contributed by atoms with Crippen molar-refractivity contribution in [2.24, 2.45) is 17.8 Å². The van der Waals surface area contributed by atoms with E-state index in [0.717, 1.165) is 30.1 Å². The number of hydrogen-bond donors (Lipinski definition) is 0. The van der Waals surface area contributed by atoms with Gasteiger partial charge in [0.25, 0.3) is 0 Å². The van der Waals surface area contributed by atoms with E-state index in [1.807, 2.05) is 6.08 Å². The second-order valence-electron chi connectivity index (χ2n) is 10.5. The van der Waals surface area contributed by atoms with Crippen molar-refractivity contribution in [2.75, 3.05) is 6.67 Å². The monoisotopic (exact) mass is 426 g/mol. The van der Waals surface area contributed by atoms with Crippen molar-refractivity contribution in [3.63, 3.8) is 0 Å². The number of alkyl halides is 1. The van der Waals surface area contributed by atoms with Crippen LogP contribution in [0.5, 0.6) is 0 Å². The Morgan fingerprint density at radius 1 is 0.774 bits per heavy atom. The van der Waals surface area contributed by atoms with Gasteiger partial charge in [-0.2, -0.15) is 0 Å². The van der Waals surface area contributed by atoms with Crippen LogP contribution in [0.15, 0.2) is 36.4 Å². The molecule has 0 bridgehead atoms. The molecule has 1 heteroatoms.